The van der Waals surface area contributed by atoms with Gasteiger partial charge in [-0.05, 0) is 37.1 Å². The molecule has 9 heteroatoms. The van der Waals surface area contributed by atoms with Crippen LogP contribution in [0.4, 0.5) is 0 Å². The Bertz CT molecular complexity index is 1040. The highest BCUT2D eigenvalue weighted by atomic mass is 32.1. The van der Waals surface area contributed by atoms with Gasteiger partial charge >= 0.3 is 0 Å². The number of aryl methyl sites for hydroxylation is 1. The van der Waals surface area contributed by atoms with E-state index >= 15 is 0 Å². The molecule has 0 radical (unpaired) electrons. The van der Waals surface area contributed by atoms with Gasteiger partial charge in [0.25, 0.3) is 5.91 Å². The van der Waals surface area contributed by atoms with E-state index in [2.05, 4.69) is 5.10 Å². The Labute approximate surface area is 198 Å². The number of rotatable bonds is 4. The zero-order valence-corrected chi connectivity index (χ0v) is 20.0. The van der Waals surface area contributed by atoms with Crippen LogP contribution in [0.2, 0.25) is 0 Å². The van der Waals surface area contributed by atoms with Crippen molar-refractivity contribution >= 4 is 29.1 Å². The molecular weight excluding hydrogens is 438 g/mol. The number of amides is 3. The number of likely N-dealkylation sites (tertiary alicyclic amines) is 2. The molecule has 2 aromatic rings. The molecule has 2 fully saturated rings. The zero-order valence-electron chi connectivity index (χ0n) is 19.2. The molecule has 0 spiro atoms. The normalized spacial score (nSPS) is 20.8. The Hall–Kier alpha value is -2.68. The van der Waals surface area contributed by atoms with E-state index in [1.165, 1.54) is 0 Å². The smallest absolute Gasteiger partial charge is 0.274 e. The number of hydrogen-bond acceptors (Lipinski definition) is 5. The van der Waals surface area contributed by atoms with Crippen LogP contribution >= 0.6 is 11.3 Å². The molecule has 2 aromatic heterocycles. The van der Waals surface area contributed by atoms with Gasteiger partial charge in [0.15, 0.2) is 5.69 Å². The first-order valence-corrected chi connectivity index (χ1v) is 12.8. The molecule has 176 valence electrons. The molecule has 2 saturated heterocycles. The lowest BCUT2D eigenvalue weighted by Gasteiger charge is -2.34. The molecule has 0 aromatic carbocycles. The average molecular weight is 470 g/mol. The van der Waals surface area contributed by atoms with Crippen molar-refractivity contribution in [3.8, 4) is 0 Å². The van der Waals surface area contributed by atoms with Gasteiger partial charge in [-0.2, -0.15) is 5.10 Å². The third-order valence-corrected chi connectivity index (χ3v) is 8.06. The number of hydrogen-bond donors (Lipinski definition) is 0. The predicted octanol–water partition coefficient (Wildman–Crippen LogP) is 2.08. The Morgan fingerprint density at radius 1 is 1.06 bits per heavy atom. The molecular formula is C24H31N5O3S. The minimum absolute atomic E-state index is 0.0830. The maximum atomic E-state index is 13.5. The molecule has 5 rings (SSSR count). The Morgan fingerprint density at radius 2 is 1.85 bits per heavy atom. The highest BCUT2D eigenvalue weighted by Gasteiger charge is 2.36. The van der Waals surface area contributed by atoms with Crippen molar-refractivity contribution in [3.63, 3.8) is 0 Å². The lowest BCUT2D eigenvalue weighted by molar-refractivity contribution is -0.136. The summed E-state index contributed by atoms with van der Waals surface area (Å²) in [7, 11) is 1.87. The van der Waals surface area contributed by atoms with Gasteiger partial charge in [-0.15, -0.1) is 11.3 Å². The van der Waals surface area contributed by atoms with Crippen molar-refractivity contribution in [2.24, 2.45) is 13.0 Å². The van der Waals surface area contributed by atoms with Crippen LogP contribution in [0.3, 0.4) is 0 Å². The standard InChI is InChI=1S/C24H31N5O3S/c1-26-20-8-12-28(21(30)14-18-7-5-13-33-18)16-19(20)22(25-26)24(32)29-11-4-6-17(15-29)23(31)27-9-2-3-10-27/h5,7,13,17H,2-4,6,8-12,14-16H2,1H3. The summed E-state index contributed by atoms with van der Waals surface area (Å²) in [6, 6.07) is 3.94. The molecule has 0 saturated carbocycles. The topological polar surface area (TPSA) is 78.8 Å². The first-order chi connectivity index (χ1) is 16.0. The first kappa shape index (κ1) is 22.1. The van der Waals surface area contributed by atoms with Crippen molar-refractivity contribution < 1.29 is 14.4 Å². The van der Waals surface area contributed by atoms with Crippen molar-refractivity contribution in [1.82, 2.24) is 24.5 Å². The molecule has 3 aliphatic rings. The molecule has 33 heavy (non-hydrogen) atoms. The summed E-state index contributed by atoms with van der Waals surface area (Å²) in [6.07, 6.45) is 4.90. The maximum absolute atomic E-state index is 13.5. The van der Waals surface area contributed by atoms with Gasteiger partial charge in [-0.25, -0.2) is 0 Å². The Kier molecular flexibility index (Phi) is 6.23. The monoisotopic (exact) mass is 469 g/mol. The first-order valence-electron chi connectivity index (χ1n) is 11.9. The summed E-state index contributed by atoms with van der Waals surface area (Å²) >= 11 is 1.59. The number of thiophene rings is 1. The molecule has 0 aliphatic carbocycles. The van der Waals surface area contributed by atoms with Crippen LogP contribution in [0.1, 0.15) is 52.3 Å². The third-order valence-electron chi connectivity index (χ3n) is 7.18. The molecule has 3 aliphatic heterocycles. The lowest BCUT2D eigenvalue weighted by atomic mass is 9.95. The van der Waals surface area contributed by atoms with Crippen LogP contribution in [-0.4, -0.2) is 74.9 Å². The van der Waals surface area contributed by atoms with E-state index in [1.807, 2.05) is 34.4 Å². The summed E-state index contributed by atoms with van der Waals surface area (Å²) in [5.41, 5.74) is 2.33. The van der Waals surface area contributed by atoms with E-state index in [1.54, 1.807) is 20.9 Å². The van der Waals surface area contributed by atoms with E-state index in [-0.39, 0.29) is 23.6 Å². The summed E-state index contributed by atoms with van der Waals surface area (Å²) in [6.45, 7) is 3.84. The van der Waals surface area contributed by atoms with Crippen molar-refractivity contribution in [1.29, 1.82) is 0 Å². The lowest BCUT2D eigenvalue weighted by Crippen LogP contribution is -2.46. The van der Waals surface area contributed by atoms with Crippen LogP contribution < -0.4 is 0 Å². The number of nitrogens with zero attached hydrogens (tertiary/aromatic N) is 5. The Balaban J connectivity index is 1.30. The molecule has 3 amide bonds. The molecule has 0 N–H and O–H groups in total. The second kappa shape index (κ2) is 9.29. The van der Waals surface area contributed by atoms with Crippen molar-refractivity contribution in [2.45, 2.75) is 45.1 Å². The number of carbonyl (C=O) groups excluding carboxylic acids is 3. The van der Waals surface area contributed by atoms with Crippen LogP contribution in [0.15, 0.2) is 17.5 Å². The number of piperidine rings is 1. The fourth-order valence-corrected chi connectivity index (χ4v) is 6.06. The fourth-order valence-electron chi connectivity index (χ4n) is 5.36. The summed E-state index contributed by atoms with van der Waals surface area (Å²) in [4.78, 5) is 46.0. The Morgan fingerprint density at radius 3 is 2.61 bits per heavy atom. The van der Waals surface area contributed by atoms with Gasteiger partial charge in [-0.3, -0.25) is 19.1 Å². The van der Waals surface area contributed by atoms with Crippen molar-refractivity contribution in [2.75, 3.05) is 32.7 Å². The van der Waals surface area contributed by atoms with Crippen LogP contribution in [0.5, 0.6) is 0 Å². The van der Waals surface area contributed by atoms with E-state index in [4.69, 9.17) is 0 Å². The predicted molar refractivity (Wildman–Crippen MR) is 125 cm³/mol. The van der Waals surface area contributed by atoms with Gasteiger partial charge in [0.05, 0.1) is 12.3 Å². The van der Waals surface area contributed by atoms with E-state index in [0.29, 0.717) is 44.7 Å². The average Bonchev–Trinajstić information content (AvgIpc) is 3.60. The van der Waals surface area contributed by atoms with Gasteiger partial charge < -0.3 is 14.7 Å². The third kappa shape index (κ3) is 4.43. The van der Waals surface area contributed by atoms with Crippen molar-refractivity contribution in [3.05, 3.63) is 39.3 Å². The van der Waals surface area contributed by atoms with Crippen LogP contribution in [0, 0.1) is 5.92 Å². The number of carbonyl (C=O) groups is 3. The largest absolute Gasteiger partial charge is 0.342 e. The number of aromatic nitrogens is 2. The molecule has 1 atom stereocenters. The number of fused-ring (bicyclic) bond motifs is 1. The van der Waals surface area contributed by atoms with Crippen LogP contribution in [-0.2, 0) is 36.0 Å². The molecule has 0 bridgehead atoms. The minimum atomic E-state index is -0.121. The summed E-state index contributed by atoms with van der Waals surface area (Å²) in [5.74, 6) is 0.0422. The highest BCUT2D eigenvalue weighted by Crippen LogP contribution is 2.27. The molecule has 1 unspecified atom stereocenters. The van der Waals surface area contributed by atoms with Gasteiger partial charge in [0.1, 0.15) is 0 Å². The maximum Gasteiger partial charge on any atom is 0.274 e. The van der Waals surface area contributed by atoms with E-state index in [9.17, 15) is 14.4 Å². The van der Waals surface area contributed by atoms with E-state index < -0.39 is 0 Å². The van der Waals surface area contributed by atoms with E-state index in [0.717, 1.165) is 54.9 Å². The quantitative estimate of drug-likeness (QED) is 0.687. The molecule has 8 nitrogen and oxygen atoms in total. The summed E-state index contributed by atoms with van der Waals surface area (Å²) < 4.78 is 1.79. The minimum Gasteiger partial charge on any atom is -0.342 e. The summed E-state index contributed by atoms with van der Waals surface area (Å²) in [5, 5.41) is 6.56. The fraction of sp³-hybridized carbons (Fsp3) is 0.583. The second-order valence-electron chi connectivity index (χ2n) is 9.34. The zero-order chi connectivity index (χ0) is 22.9. The van der Waals surface area contributed by atoms with Gasteiger partial charge in [0, 0.05) is 68.9 Å². The van der Waals surface area contributed by atoms with Gasteiger partial charge in [-0.1, -0.05) is 6.07 Å². The SMILES string of the molecule is Cn1nc(C(=O)N2CCCC(C(=O)N3CCCC3)C2)c2c1CCN(C(=O)Cc1cccs1)C2. The molecule has 5 heterocycles. The van der Waals surface area contributed by atoms with Crippen LogP contribution in [0.25, 0.3) is 0 Å². The second-order valence-corrected chi connectivity index (χ2v) is 10.4. The highest BCUT2D eigenvalue weighted by molar-refractivity contribution is 7.10. The van der Waals surface area contributed by atoms with Gasteiger partial charge in [0.2, 0.25) is 11.8 Å².